The highest BCUT2D eigenvalue weighted by atomic mass is 32.2. The molecule has 0 N–H and O–H groups in total. The molecule has 5 atom stereocenters. The van der Waals surface area contributed by atoms with Crippen LogP contribution in [-0.4, -0.2) is 27.7 Å². The first kappa shape index (κ1) is 24.0. The number of nitrogens with zero attached hydrogens (tertiary/aromatic N) is 2. The van der Waals surface area contributed by atoms with E-state index in [-0.39, 0.29) is 17.5 Å². The van der Waals surface area contributed by atoms with Gasteiger partial charge < -0.3 is 9.47 Å². The smallest absolute Gasteiger partial charge is 0.123 e. The third-order valence-electron chi connectivity index (χ3n) is 9.28. The second kappa shape index (κ2) is 9.38. The number of thioether (sulfide) groups is 1. The topological polar surface area (TPSA) is 44.2 Å². The number of rotatable bonds is 4. The molecule has 4 aromatic rings. The molecule has 40 heavy (non-hydrogen) atoms. The van der Waals surface area contributed by atoms with Gasteiger partial charge in [0.05, 0.1) is 28.3 Å². The van der Waals surface area contributed by atoms with Gasteiger partial charge in [-0.15, -0.1) is 11.8 Å². The zero-order valence-electron chi connectivity index (χ0n) is 22.1. The molecule has 4 aliphatic rings. The van der Waals surface area contributed by atoms with Crippen LogP contribution in [0, 0.1) is 5.41 Å². The fraction of sp³-hybridized carbons (Fsp3) is 0.257. The second-order valence-electron chi connectivity index (χ2n) is 11.2. The van der Waals surface area contributed by atoms with Gasteiger partial charge >= 0.3 is 0 Å². The normalized spacial score (nSPS) is 30.1. The zero-order chi connectivity index (χ0) is 26.6. The first-order chi connectivity index (χ1) is 19.8. The van der Waals surface area contributed by atoms with E-state index < -0.39 is 10.8 Å². The fourth-order valence-corrected chi connectivity index (χ4v) is 9.12. The SMILES string of the molecule is C1=CC(c2cc3ccccc3nn2)(C2CCC=CO2)C(C2Cc3ccccc3O2)(C2Cc3ccccc3S2)C=C1. The predicted octanol–water partition coefficient (Wildman–Crippen LogP) is 7.39. The van der Waals surface area contributed by atoms with Gasteiger partial charge in [0.1, 0.15) is 18.0 Å². The molecule has 1 aromatic heterocycles. The number of hydrogen-bond acceptors (Lipinski definition) is 5. The summed E-state index contributed by atoms with van der Waals surface area (Å²) < 4.78 is 13.6. The van der Waals surface area contributed by atoms with Gasteiger partial charge in [-0.1, -0.05) is 78.9 Å². The number of ether oxygens (including phenoxy) is 2. The average Bonchev–Trinajstić information content (AvgIpc) is 3.66. The Bertz CT molecular complexity index is 1590. The number of hydrogen-bond donors (Lipinski definition) is 0. The summed E-state index contributed by atoms with van der Waals surface area (Å²) in [6.45, 7) is 0. The molecule has 0 amide bonds. The molecule has 0 radical (unpaired) electrons. The monoisotopic (exact) mass is 542 g/mol. The van der Waals surface area contributed by atoms with Crippen LogP contribution in [0.4, 0.5) is 0 Å². The van der Waals surface area contributed by atoms with E-state index >= 15 is 0 Å². The van der Waals surface area contributed by atoms with Crippen molar-refractivity contribution in [2.45, 2.75) is 53.5 Å². The van der Waals surface area contributed by atoms with Crippen molar-refractivity contribution in [3.8, 4) is 5.75 Å². The van der Waals surface area contributed by atoms with Crippen molar-refractivity contribution in [1.29, 1.82) is 0 Å². The minimum atomic E-state index is -0.601. The molecule has 0 saturated carbocycles. The van der Waals surface area contributed by atoms with Crippen molar-refractivity contribution in [2.24, 2.45) is 5.41 Å². The molecule has 0 spiro atoms. The van der Waals surface area contributed by atoms with Crippen LogP contribution in [0.2, 0.25) is 0 Å². The highest BCUT2D eigenvalue weighted by Crippen LogP contribution is 2.62. The van der Waals surface area contributed by atoms with Gasteiger partial charge in [-0.25, -0.2) is 0 Å². The van der Waals surface area contributed by atoms with Crippen molar-refractivity contribution in [3.05, 3.63) is 132 Å². The van der Waals surface area contributed by atoms with E-state index in [2.05, 4.69) is 97.1 Å². The van der Waals surface area contributed by atoms with Crippen LogP contribution in [-0.2, 0) is 23.0 Å². The van der Waals surface area contributed by atoms with Crippen LogP contribution in [0.5, 0.6) is 5.75 Å². The Morgan fingerprint density at radius 2 is 1.62 bits per heavy atom. The van der Waals surface area contributed by atoms with Gasteiger partial charge in [-0.3, -0.25) is 0 Å². The van der Waals surface area contributed by atoms with Gasteiger partial charge in [0.2, 0.25) is 0 Å². The summed E-state index contributed by atoms with van der Waals surface area (Å²) in [5, 5.41) is 11.1. The number of allylic oxidation sites excluding steroid dienone is 3. The highest BCUT2D eigenvalue weighted by molar-refractivity contribution is 8.00. The van der Waals surface area contributed by atoms with Crippen molar-refractivity contribution in [3.63, 3.8) is 0 Å². The minimum Gasteiger partial charge on any atom is -0.497 e. The van der Waals surface area contributed by atoms with E-state index in [4.69, 9.17) is 19.7 Å². The molecule has 1 aliphatic carbocycles. The van der Waals surface area contributed by atoms with Gasteiger partial charge in [-0.2, -0.15) is 10.2 Å². The van der Waals surface area contributed by atoms with E-state index in [1.807, 2.05) is 30.2 Å². The third kappa shape index (κ3) is 3.46. The van der Waals surface area contributed by atoms with Crippen molar-refractivity contribution in [2.75, 3.05) is 0 Å². The van der Waals surface area contributed by atoms with Gasteiger partial charge in [0, 0.05) is 22.0 Å². The molecular formula is C35H30N2O2S. The van der Waals surface area contributed by atoms with Gasteiger partial charge in [-0.05, 0) is 60.7 Å². The Morgan fingerprint density at radius 3 is 2.50 bits per heavy atom. The zero-order valence-corrected chi connectivity index (χ0v) is 23.0. The number of fused-ring (bicyclic) bond motifs is 3. The fourth-order valence-electron chi connectivity index (χ4n) is 7.47. The van der Waals surface area contributed by atoms with Crippen LogP contribution in [0.1, 0.15) is 29.7 Å². The lowest BCUT2D eigenvalue weighted by molar-refractivity contribution is -0.0393. The lowest BCUT2D eigenvalue weighted by Gasteiger charge is -2.56. The Hall–Kier alpha value is -3.83. The summed E-state index contributed by atoms with van der Waals surface area (Å²) in [5.41, 5.74) is 3.45. The van der Waals surface area contributed by atoms with E-state index in [9.17, 15) is 0 Å². The Labute approximate surface area is 238 Å². The summed E-state index contributed by atoms with van der Waals surface area (Å²) in [6, 6.07) is 27.9. The number of aromatic nitrogens is 2. The molecule has 5 heteroatoms. The molecule has 8 rings (SSSR count). The van der Waals surface area contributed by atoms with Crippen LogP contribution < -0.4 is 4.74 Å². The summed E-state index contributed by atoms with van der Waals surface area (Å²) in [4.78, 5) is 1.35. The molecule has 0 bridgehead atoms. The standard InChI is InChI=1S/C35H30N2O2S/c1-4-14-27-24(11-1)21-30(37-36-27)34(31-17-7-10-20-38-31)18-8-9-19-35(34,32-22-25-12-2-5-15-28(25)39-32)33-23-26-13-3-6-16-29(26)40-33/h1-6,8-16,18-21,31-33H,7,17,22-23H2. The van der Waals surface area contributed by atoms with Crippen LogP contribution in [0.3, 0.4) is 0 Å². The summed E-state index contributed by atoms with van der Waals surface area (Å²) in [6.07, 6.45) is 16.7. The van der Waals surface area contributed by atoms with Crippen molar-refractivity contribution >= 4 is 22.7 Å². The molecule has 0 fully saturated rings. The summed E-state index contributed by atoms with van der Waals surface area (Å²) in [5.74, 6) is 0.985. The quantitative estimate of drug-likeness (QED) is 0.269. The van der Waals surface area contributed by atoms with Crippen LogP contribution in [0.15, 0.2) is 120 Å². The largest absolute Gasteiger partial charge is 0.497 e. The minimum absolute atomic E-state index is 0.0966. The van der Waals surface area contributed by atoms with Crippen molar-refractivity contribution in [1.82, 2.24) is 10.2 Å². The van der Waals surface area contributed by atoms with Gasteiger partial charge in [0.15, 0.2) is 0 Å². The summed E-state index contributed by atoms with van der Waals surface area (Å²) in [7, 11) is 0. The Morgan fingerprint density at radius 1 is 0.800 bits per heavy atom. The molecule has 198 valence electrons. The molecule has 5 unspecified atom stereocenters. The van der Waals surface area contributed by atoms with Crippen molar-refractivity contribution < 1.29 is 9.47 Å². The number of benzene rings is 3. The molecule has 3 aliphatic heterocycles. The first-order valence-corrected chi connectivity index (χ1v) is 15.1. The Kier molecular flexibility index (Phi) is 5.63. The third-order valence-corrected chi connectivity index (χ3v) is 10.8. The van der Waals surface area contributed by atoms with E-state index in [0.717, 1.165) is 48.0 Å². The van der Waals surface area contributed by atoms with E-state index in [1.54, 1.807) is 0 Å². The maximum Gasteiger partial charge on any atom is 0.123 e. The molecule has 4 heterocycles. The molecule has 0 saturated heterocycles. The van der Waals surface area contributed by atoms with E-state index in [1.165, 1.54) is 16.0 Å². The molecular weight excluding hydrogens is 512 g/mol. The number of para-hydroxylation sites is 1. The second-order valence-corrected chi connectivity index (χ2v) is 12.5. The lowest BCUT2D eigenvalue weighted by Crippen LogP contribution is -2.64. The molecule has 4 nitrogen and oxygen atoms in total. The summed E-state index contributed by atoms with van der Waals surface area (Å²) >= 11 is 1.98. The van der Waals surface area contributed by atoms with Gasteiger partial charge in [0.25, 0.3) is 0 Å². The first-order valence-electron chi connectivity index (χ1n) is 14.2. The van der Waals surface area contributed by atoms with E-state index in [0.29, 0.717) is 0 Å². The highest BCUT2D eigenvalue weighted by Gasteiger charge is 2.66. The van der Waals surface area contributed by atoms with Crippen LogP contribution in [0.25, 0.3) is 10.9 Å². The maximum atomic E-state index is 7.00. The Balaban J connectivity index is 1.39. The average molecular weight is 543 g/mol. The van der Waals surface area contributed by atoms with Crippen LogP contribution >= 0.6 is 11.8 Å². The maximum absolute atomic E-state index is 7.00. The molecule has 3 aromatic carbocycles. The lowest BCUT2D eigenvalue weighted by atomic mass is 9.51. The predicted molar refractivity (Wildman–Crippen MR) is 160 cm³/mol.